The zero-order chi connectivity index (χ0) is 18.1. The molecule has 0 aliphatic rings. The molecule has 0 spiro atoms. The summed E-state index contributed by atoms with van der Waals surface area (Å²) in [4.78, 5) is 25.0. The minimum Gasteiger partial charge on any atom is -1.00 e. The number of carbonyl (C=O) groups is 1. The second-order valence-corrected chi connectivity index (χ2v) is 6.00. The van der Waals surface area contributed by atoms with Crippen LogP contribution in [0.3, 0.4) is 0 Å². The number of hydrogen-bond acceptors (Lipinski definition) is 4. The van der Waals surface area contributed by atoms with E-state index in [1.54, 1.807) is 28.8 Å². The van der Waals surface area contributed by atoms with Crippen molar-refractivity contribution >= 4 is 27.5 Å². The number of benzene rings is 2. The molecule has 4 aromatic rings. The molecule has 0 N–H and O–H groups in total. The van der Waals surface area contributed by atoms with Crippen molar-refractivity contribution in [2.45, 2.75) is 6.54 Å². The summed E-state index contributed by atoms with van der Waals surface area (Å²) < 4.78 is 12.3. The number of methoxy groups -OCH3 is 1. The second kappa shape index (κ2) is 7.72. The van der Waals surface area contributed by atoms with E-state index in [0.29, 0.717) is 16.7 Å². The summed E-state index contributed by atoms with van der Waals surface area (Å²) in [5.74, 6) is 0.159. The first-order valence-electron chi connectivity index (χ1n) is 8.17. The second-order valence-electron chi connectivity index (χ2n) is 6.00. The van der Waals surface area contributed by atoms with Crippen molar-refractivity contribution in [3.05, 3.63) is 83.0 Å². The van der Waals surface area contributed by atoms with E-state index in [4.69, 9.17) is 9.15 Å². The van der Waals surface area contributed by atoms with E-state index in [-0.39, 0.29) is 34.9 Å². The lowest BCUT2D eigenvalue weighted by Gasteiger charge is -2.05. The average Bonchev–Trinajstić information content (AvgIpc) is 2.66. The SMILES string of the molecule is COc1cccc2cc(C(=O)C[n+]3ccc4ccccc4c3)c(=O)oc12.[Br-]. The largest absolute Gasteiger partial charge is 1.00 e. The first-order valence-corrected chi connectivity index (χ1v) is 8.17. The number of aromatic nitrogens is 1. The van der Waals surface area contributed by atoms with Gasteiger partial charge in [0.1, 0.15) is 5.56 Å². The minimum atomic E-state index is -0.659. The van der Waals surface area contributed by atoms with E-state index in [2.05, 4.69) is 0 Å². The van der Waals surface area contributed by atoms with Crippen LogP contribution in [0, 0.1) is 0 Å². The number of rotatable bonds is 4. The van der Waals surface area contributed by atoms with Gasteiger partial charge < -0.3 is 26.1 Å². The Morgan fingerprint density at radius 3 is 2.56 bits per heavy atom. The lowest BCUT2D eigenvalue weighted by molar-refractivity contribution is -0.681. The molecule has 0 unspecified atom stereocenters. The van der Waals surface area contributed by atoms with E-state index in [9.17, 15) is 9.59 Å². The van der Waals surface area contributed by atoms with Crippen LogP contribution in [0.2, 0.25) is 0 Å². The third-order valence-corrected chi connectivity index (χ3v) is 4.32. The first kappa shape index (κ1) is 18.8. The van der Waals surface area contributed by atoms with Gasteiger partial charge in [0.05, 0.1) is 7.11 Å². The predicted molar refractivity (Wildman–Crippen MR) is 97.5 cm³/mol. The molecule has 0 saturated heterocycles. The number of ether oxygens (including phenoxy) is 1. The summed E-state index contributed by atoms with van der Waals surface area (Å²) in [5.41, 5.74) is -0.283. The van der Waals surface area contributed by atoms with E-state index in [1.165, 1.54) is 7.11 Å². The fraction of sp³-hybridized carbons (Fsp3) is 0.0952. The molecule has 2 aromatic heterocycles. The Labute approximate surface area is 165 Å². The van der Waals surface area contributed by atoms with Crippen molar-refractivity contribution in [2.75, 3.05) is 7.11 Å². The molecule has 4 rings (SSSR count). The third kappa shape index (κ3) is 3.61. The van der Waals surface area contributed by atoms with Gasteiger partial charge >= 0.3 is 5.63 Å². The number of hydrogen-bond donors (Lipinski definition) is 0. The van der Waals surface area contributed by atoms with Crippen LogP contribution in [-0.2, 0) is 6.54 Å². The van der Waals surface area contributed by atoms with Gasteiger partial charge in [-0.15, -0.1) is 0 Å². The van der Waals surface area contributed by atoms with E-state index < -0.39 is 5.63 Å². The van der Waals surface area contributed by atoms with E-state index in [0.717, 1.165) is 10.8 Å². The van der Waals surface area contributed by atoms with Crippen LogP contribution in [0.4, 0.5) is 0 Å². The molecule has 0 amide bonds. The van der Waals surface area contributed by atoms with Crippen molar-refractivity contribution in [3.8, 4) is 5.75 Å². The number of para-hydroxylation sites is 1. The summed E-state index contributed by atoms with van der Waals surface area (Å²) in [6.45, 7) is 0.0606. The highest BCUT2D eigenvalue weighted by Gasteiger charge is 2.19. The fourth-order valence-corrected chi connectivity index (χ4v) is 3.00. The summed E-state index contributed by atoms with van der Waals surface area (Å²) in [6, 6.07) is 16.7. The Morgan fingerprint density at radius 2 is 1.78 bits per heavy atom. The van der Waals surface area contributed by atoms with Crippen LogP contribution < -0.4 is 31.9 Å². The van der Waals surface area contributed by atoms with Crippen LogP contribution in [0.1, 0.15) is 10.4 Å². The van der Waals surface area contributed by atoms with Gasteiger partial charge in [-0.3, -0.25) is 4.79 Å². The van der Waals surface area contributed by atoms with Crippen LogP contribution >= 0.6 is 0 Å². The zero-order valence-electron chi connectivity index (χ0n) is 14.5. The molecule has 27 heavy (non-hydrogen) atoms. The number of Topliss-reactive ketones (excluding diaryl/α,β-unsaturated/α-hetero) is 1. The molecule has 2 aromatic carbocycles. The van der Waals surface area contributed by atoms with Crippen molar-refractivity contribution in [1.29, 1.82) is 0 Å². The maximum absolute atomic E-state index is 12.7. The van der Waals surface area contributed by atoms with Gasteiger partial charge in [-0.05, 0) is 23.6 Å². The molecule has 5 nitrogen and oxygen atoms in total. The van der Waals surface area contributed by atoms with Crippen LogP contribution in [0.15, 0.2) is 76.2 Å². The summed E-state index contributed by atoms with van der Waals surface area (Å²) in [7, 11) is 1.50. The van der Waals surface area contributed by atoms with Gasteiger partial charge in [0.15, 0.2) is 23.7 Å². The van der Waals surface area contributed by atoms with Gasteiger partial charge in [0.25, 0.3) is 0 Å². The molecule has 2 heterocycles. The van der Waals surface area contributed by atoms with Crippen molar-refractivity contribution < 1.29 is 35.5 Å². The zero-order valence-corrected chi connectivity index (χ0v) is 16.1. The van der Waals surface area contributed by atoms with E-state index >= 15 is 0 Å². The van der Waals surface area contributed by atoms with Crippen LogP contribution in [0.25, 0.3) is 21.7 Å². The average molecular weight is 426 g/mol. The number of pyridine rings is 1. The molecule has 6 heteroatoms. The molecule has 0 bridgehead atoms. The van der Waals surface area contributed by atoms with Gasteiger partial charge in [-0.2, -0.15) is 4.57 Å². The number of fused-ring (bicyclic) bond motifs is 2. The molecule has 0 aliphatic carbocycles. The number of carbonyl (C=O) groups excluding carboxylic acids is 1. The molecule has 0 fully saturated rings. The Hall–Kier alpha value is -2.99. The van der Waals surface area contributed by atoms with Crippen molar-refractivity contribution in [3.63, 3.8) is 0 Å². The lowest BCUT2D eigenvalue weighted by Crippen LogP contribution is -3.00. The Balaban J connectivity index is 0.00000210. The first-order chi connectivity index (χ1) is 12.7. The topological polar surface area (TPSA) is 60.4 Å². The highest BCUT2D eigenvalue weighted by atomic mass is 79.9. The standard InChI is InChI=1S/C21H16NO4.BrH/c1-25-19-8-4-7-15-11-17(21(24)26-20(15)19)18(23)13-22-10-9-14-5-2-3-6-16(14)12-22;/h2-12H,13H2,1H3;1H/q+1;/p-1. The van der Waals surface area contributed by atoms with Crippen molar-refractivity contribution in [2.24, 2.45) is 0 Å². The van der Waals surface area contributed by atoms with Gasteiger partial charge in [-0.25, -0.2) is 4.79 Å². The Morgan fingerprint density at radius 1 is 1.04 bits per heavy atom. The molecule has 136 valence electrons. The van der Waals surface area contributed by atoms with Gasteiger partial charge in [0.2, 0.25) is 12.3 Å². The minimum absolute atomic E-state index is 0. The highest BCUT2D eigenvalue weighted by Crippen LogP contribution is 2.24. The highest BCUT2D eigenvalue weighted by molar-refractivity contribution is 5.98. The van der Waals surface area contributed by atoms with Crippen molar-refractivity contribution in [1.82, 2.24) is 0 Å². The lowest BCUT2D eigenvalue weighted by atomic mass is 10.1. The predicted octanol–water partition coefficient (Wildman–Crippen LogP) is 0.129. The van der Waals surface area contributed by atoms with Gasteiger partial charge in [-0.1, -0.05) is 30.3 Å². The Kier molecular flexibility index (Phi) is 5.37. The molecule has 0 atom stereocenters. The Bertz CT molecular complexity index is 1200. The summed E-state index contributed by atoms with van der Waals surface area (Å²) in [6.07, 6.45) is 3.71. The maximum Gasteiger partial charge on any atom is 0.347 e. The summed E-state index contributed by atoms with van der Waals surface area (Å²) in [5, 5.41) is 2.77. The smallest absolute Gasteiger partial charge is 0.347 e. The number of nitrogens with zero attached hydrogens (tertiary/aromatic N) is 1. The molecular formula is C21H16BrNO4. The van der Waals surface area contributed by atoms with E-state index in [1.807, 2.05) is 42.7 Å². The van der Waals surface area contributed by atoms with Gasteiger partial charge in [0, 0.05) is 16.8 Å². The summed E-state index contributed by atoms with van der Waals surface area (Å²) >= 11 is 0. The van der Waals surface area contributed by atoms with Crippen LogP contribution in [-0.4, -0.2) is 12.9 Å². The molecule has 0 aliphatic heterocycles. The maximum atomic E-state index is 12.7. The van der Waals surface area contributed by atoms with Crippen LogP contribution in [0.5, 0.6) is 5.75 Å². The molecular weight excluding hydrogens is 410 g/mol. The molecule has 0 saturated carbocycles. The number of halogens is 1. The fourth-order valence-electron chi connectivity index (χ4n) is 3.00. The monoisotopic (exact) mass is 425 g/mol. The normalized spacial score (nSPS) is 10.6. The molecule has 0 radical (unpaired) electrons. The quantitative estimate of drug-likeness (QED) is 0.265. The number of ketones is 1. The third-order valence-electron chi connectivity index (χ3n) is 4.32.